The summed E-state index contributed by atoms with van der Waals surface area (Å²) in [6, 6.07) is 5.73. The maximum Gasteiger partial charge on any atom is 0.412 e. The van der Waals surface area contributed by atoms with Crippen molar-refractivity contribution in [1.82, 2.24) is 4.90 Å². The van der Waals surface area contributed by atoms with E-state index < -0.39 is 11.7 Å². The number of ether oxygens (including phenoxy) is 1. The molecule has 0 heterocycles. The molecule has 1 amide bonds. The summed E-state index contributed by atoms with van der Waals surface area (Å²) in [5, 5.41) is 2.72. The van der Waals surface area contributed by atoms with E-state index in [4.69, 9.17) is 4.74 Å². The van der Waals surface area contributed by atoms with E-state index in [2.05, 4.69) is 26.1 Å². The van der Waals surface area contributed by atoms with E-state index in [1.54, 1.807) is 0 Å². The molecule has 1 N–H and O–H groups in total. The van der Waals surface area contributed by atoms with Crippen molar-refractivity contribution in [2.24, 2.45) is 0 Å². The smallest absolute Gasteiger partial charge is 0.412 e. The van der Waals surface area contributed by atoms with Gasteiger partial charge in [0.1, 0.15) is 5.60 Å². The molecular formula is C14H21BrN2O2. The van der Waals surface area contributed by atoms with Crippen molar-refractivity contribution in [2.45, 2.75) is 32.9 Å². The maximum atomic E-state index is 11.6. The lowest BCUT2D eigenvalue weighted by Gasteiger charge is -2.20. The van der Waals surface area contributed by atoms with Crippen molar-refractivity contribution in [3.05, 3.63) is 28.2 Å². The summed E-state index contributed by atoms with van der Waals surface area (Å²) in [5.41, 5.74) is 1.38. The number of halogens is 1. The molecule has 0 radical (unpaired) electrons. The molecule has 1 aromatic carbocycles. The molecule has 106 valence electrons. The van der Waals surface area contributed by atoms with Crippen LogP contribution in [0.2, 0.25) is 0 Å². The van der Waals surface area contributed by atoms with Crippen LogP contribution in [-0.4, -0.2) is 30.7 Å². The van der Waals surface area contributed by atoms with Crippen LogP contribution in [0.3, 0.4) is 0 Å². The van der Waals surface area contributed by atoms with E-state index >= 15 is 0 Å². The van der Waals surface area contributed by atoms with Gasteiger partial charge < -0.3 is 9.64 Å². The Morgan fingerprint density at radius 2 is 2.00 bits per heavy atom. The number of amides is 1. The molecule has 0 aliphatic rings. The average Bonchev–Trinajstić information content (AvgIpc) is 2.18. The number of benzene rings is 1. The highest BCUT2D eigenvalue weighted by Gasteiger charge is 2.16. The molecule has 0 saturated heterocycles. The van der Waals surface area contributed by atoms with Gasteiger partial charge >= 0.3 is 6.09 Å². The number of carbonyl (C=O) groups excluding carboxylic acids is 1. The Labute approximate surface area is 123 Å². The Kier molecular flexibility index (Phi) is 5.38. The largest absolute Gasteiger partial charge is 0.444 e. The van der Waals surface area contributed by atoms with Crippen LogP contribution in [0.4, 0.5) is 10.5 Å². The molecule has 0 atom stereocenters. The molecule has 4 nitrogen and oxygen atoms in total. The van der Waals surface area contributed by atoms with Gasteiger partial charge in [-0.3, -0.25) is 5.32 Å². The van der Waals surface area contributed by atoms with E-state index in [1.807, 2.05) is 53.1 Å². The lowest BCUT2D eigenvalue weighted by atomic mass is 10.2. The number of nitrogens with one attached hydrogen (secondary N) is 1. The summed E-state index contributed by atoms with van der Waals surface area (Å²) >= 11 is 3.51. The summed E-state index contributed by atoms with van der Waals surface area (Å²) in [4.78, 5) is 13.7. The topological polar surface area (TPSA) is 41.6 Å². The van der Waals surface area contributed by atoms with E-state index in [0.29, 0.717) is 5.69 Å². The minimum Gasteiger partial charge on any atom is -0.444 e. The Bertz CT molecular complexity index is 453. The second kappa shape index (κ2) is 6.39. The van der Waals surface area contributed by atoms with Gasteiger partial charge in [-0.2, -0.15) is 0 Å². The number of rotatable bonds is 3. The number of anilines is 1. The van der Waals surface area contributed by atoms with Crippen LogP contribution < -0.4 is 5.32 Å². The van der Waals surface area contributed by atoms with Crippen LogP contribution >= 0.6 is 15.9 Å². The van der Waals surface area contributed by atoms with Gasteiger partial charge in [-0.15, -0.1) is 0 Å². The molecule has 0 aromatic heterocycles. The second-order valence-electron chi connectivity index (χ2n) is 5.67. The fraction of sp³-hybridized carbons (Fsp3) is 0.500. The molecule has 0 saturated carbocycles. The number of hydrogen-bond donors (Lipinski definition) is 1. The Morgan fingerprint density at radius 3 is 2.47 bits per heavy atom. The number of nitrogens with zero attached hydrogens (tertiary/aromatic N) is 1. The Balaban J connectivity index is 2.71. The Hall–Kier alpha value is -1.07. The van der Waals surface area contributed by atoms with E-state index in [0.717, 1.165) is 11.0 Å². The van der Waals surface area contributed by atoms with E-state index in [9.17, 15) is 4.79 Å². The zero-order valence-electron chi connectivity index (χ0n) is 12.1. The zero-order valence-corrected chi connectivity index (χ0v) is 13.7. The van der Waals surface area contributed by atoms with E-state index in [1.165, 1.54) is 5.56 Å². The molecule has 0 unspecified atom stereocenters. The standard InChI is InChI=1S/C14H21BrN2O2/c1-14(2,3)19-13(18)16-11-7-6-10(9-17(4)5)12(15)8-11/h6-8H,9H2,1-5H3,(H,16,18). The van der Waals surface area contributed by atoms with Gasteiger partial charge in [-0.05, 0) is 52.6 Å². The summed E-state index contributed by atoms with van der Waals surface area (Å²) in [6.45, 7) is 6.35. The van der Waals surface area contributed by atoms with Crippen LogP contribution in [0.5, 0.6) is 0 Å². The van der Waals surface area contributed by atoms with Crippen molar-refractivity contribution < 1.29 is 9.53 Å². The molecule has 1 aromatic rings. The first-order valence-corrected chi connectivity index (χ1v) is 6.90. The summed E-state index contributed by atoms with van der Waals surface area (Å²) in [6.07, 6.45) is -0.445. The minimum atomic E-state index is -0.494. The van der Waals surface area contributed by atoms with Crippen LogP contribution in [0.25, 0.3) is 0 Å². The van der Waals surface area contributed by atoms with Crippen molar-refractivity contribution in [2.75, 3.05) is 19.4 Å². The minimum absolute atomic E-state index is 0.445. The van der Waals surface area contributed by atoms with E-state index in [-0.39, 0.29) is 0 Å². The summed E-state index contributed by atoms with van der Waals surface area (Å²) in [7, 11) is 4.03. The number of carbonyl (C=O) groups is 1. The van der Waals surface area contributed by atoms with Gasteiger partial charge in [0.05, 0.1) is 0 Å². The molecule has 5 heteroatoms. The van der Waals surface area contributed by atoms with Gasteiger partial charge in [0.15, 0.2) is 0 Å². The molecule has 19 heavy (non-hydrogen) atoms. The first-order valence-electron chi connectivity index (χ1n) is 6.10. The first-order chi connectivity index (χ1) is 8.67. The zero-order chi connectivity index (χ0) is 14.6. The molecule has 0 fully saturated rings. The predicted octanol–water partition coefficient (Wildman–Crippen LogP) is 3.86. The number of hydrogen-bond acceptors (Lipinski definition) is 3. The fourth-order valence-electron chi connectivity index (χ4n) is 1.52. The summed E-state index contributed by atoms with van der Waals surface area (Å²) < 4.78 is 6.17. The normalized spacial score (nSPS) is 11.5. The Morgan fingerprint density at radius 1 is 1.37 bits per heavy atom. The maximum absolute atomic E-state index is 11.6. The molecule has 0 aliphatic heterocycles. The van der Waals surface area contributed by atoms with Crippen molar-refractivity contribution in [3.8, 4) is 0 Å². The average molecular weight is 329 g/mol. The van der Waals surface area contributed by atoms with Gasteiger partial charge in [-0.25, -0.2) is 4.79 Å². The third-order valence-electron chi connectivity index (χ3n) is 2.18. The summed E-state index contributed by atoms with van der Waals surface area (Å²) in [5.74, 6) is 0. The van der Waals surface area contributed by atoms with Gasteiger partial charge in [0.2, 0.25) is 0 Å². The first kappa shape index (κ1) is 16.0. The lowest BCUT2D eigenvalue weighted by molar-refractivity contribution is 0.0636. The van der Waals surface area contributed by atoms with Crippen LogP contribution in [0, 0.1) is 0 Å². The quantitative estimate of drug-likeness (QED) is 0.916. The highest BCUT2D eigenvalue weighted by molar-refractivity contribution is 9.10. The highest BCUT2D eigenvalue weighted by atomic mass is 79.9. The monoisotopic (exact) mass is 328 g/mol. The van der Waals surface area contributed by atoms with Crippen molar-refractivity contribution in [3.63, 3.8) is 0 Å². The lowest BCUT2D eigenvalue weighted by Crippen LogP contribution is -2.27. The van der Waals surface area contributed by atoms with Gasteiger partial charge in [-0.1, -0.05) is 22.0 Å². The van der Waals surface area contributed by atoms with Crippen LogP contribution in [0.15, 0.2) is 22.7 Å². The molecular weight excluding hydrogens is 308 g/mol. The molecule has 1 rings (SSSR count). The predicted molar refractivity (Wildman–Crippen MR) is 81.4 cm³/mol. The SMILES string of the molecule is CN(C)Cc1ccc(NC(=O)OC(C)(C)C)cc1Br. The third kappa shape index (κ3) is 6.07. The third-order valence-corrected chi connectivity index (χ3v) is 2.92. The fourth-order valence-corrected chi connectivity index (χ4v) is 2.02. The molecule has 0 bridgehead atoms. The second-order valence-corrected chi connectivity index (χ2v) is 6.53. The molecule has 0 aliphatic carbocycles. The van der Waals surface area contributed by atoms with Crippen molar-refractivity contribution >= 4 is 27.7 Å². The van der Waals surface area contributed by atoms with Crippen molar-refractivity contribution in [1.29, 1.82) is 0 Å². The highest BCUT2D eigenvalue weighted by Crippen LogP contribution is 2.23. The van der Waals surface area contributed by atoms with Crippen LogP contribution in [-0.2, 0) is 11.3 Å². The van der Waals surface area contributed by atoms with Gasteiger partial charge in [0, 0.05) is 16.7 Å². The van der Waals surface area contributed by atoms with Gasteiger partial charge in [0.25, 0.3) is 0 Å². The van der Waals surface area contributed by atoms with Crippen LogP contribution in [0.1, 0.15) is 26.3 Å². The molecule has 0 spiro atoms.